The van der Waals surface area contributed by atoms with Gasteiger partial charge in [0.15, 0.2) is 23.2 Å². The third-order valence-corrected chi connectivity index (χ3v) is 4.74. The highest BCUT2D eigenvalue weighted by Crippen LogP contribution is 2.41. The van der Waals surface area contributed by atoms with E-state index in [4.69, 9.17) is 0 Å². The molecule has 0 saturated heterocycles. The molecule has 1 aliphatic heterocycles. The Labute approximate surface area is 161 Å². The molecule has 1 atom stereocenters. The van der Waals surface area contributed by atoms with Crippen molar-refractivity contribution in [3.05, 3.63) is 71.0 Å². The third-order valence-electron chi connectivity index (χ3n) is 4.74. The average Bonchev–Trinajstić information content (AvgIpc) is 2.94. The van der Waals surface area contributed by atoms with E-state index in [1.807, 2.05) is 31.1 Å². The lowest BCUT2D eigenvalue weighted by Gasteiger charge is -2.27. The zero-order chi connectivity index (χ0) is 20.6. The summed E-state index contributed by atoms with van der Waals surface area (Å²) in [7, 11) is 3.75. The summed E-state index contributed by atoms with van der Waals surface area (Å²) in [5.41, 5.74) is 1.49. The Hall–Kier alpha value is -3.22. The van der Waals surface area contributed by atoms with Gasteiger partial charge in [-0.2, -0.15) is 0 Å². The minimum absolute atomic E-state index is 0.0464. The Morgan fingerprint density at radius 3 is 2.29 bits per heavy atom. The minimum atomic E-state index is -1.12. The van der Waals surface area contributed by atoms with Crippen LogP contribution >= 0.6 is 0 Å². The fourth-order valence-electron chi connectivity index (χ4n) is 3.25. The standard InChI is InChI=1S/C21H20F2N2O3/c1-4-17(26)18-19(12-5-7-13(8-6-12)24(2)3)25(21(28)20(18)27)14-9-10-15(22)16(23)11-14/h5-11,19,27H,4H2,1-3H3. The van der Waals surface area contributed by atoms with Crippen LogP contribution in [0.5, 0.6) is 0 Å². The van der Waals surface area contributed by atoms with E-state index < -0.39 is 35.1 Å². The Kier molecular flexibility index (Phi) is 5.18. The maximum atomic E-state index is 13.8. The number of anilines is 2. The van der Waals surface area contributed by atoms with E-state index in [2.05, 4.69) is 0 Å². The number of rotatable bonds is 5. The van der Waals surface area contributed by atoms with Gasteiger partial charge in [-0.05, 0) is 29.8 Å². The molecule has 2 aromatic carbocycles. The van der Waals surface area contributed by atoms with Crippen molar-refractivity contribution in [3.63, 3.8) is 0 Å². The second kappa shape index (κ2) is 7.42. The molecule has 0 aromatic heterocycles. The highest BCUT2D eigenvalue weighted by Gasteiger charge is 2.44. The van der Waals surface area contributed by atoms with Crippen molar-refractivity contribution in [1.29, 1.82) is 0 Å². The van der Waals surface area contributed by atoms with Gasteiger partial charge in [0.1, 0.15) is 0 Å². The molecule has 0 bridgehead atoms. The molecule has 0 aliphatic carbocycles. The molecule has 1 amide bonds. The van der Waals surface area contributed by atoms with E-state index in [0.717, 1.165) is 22.7 Å². The van der Waals surface area contributed by atoms with E-state index in [1.165, 1.54) is 6.07 Å². The minimum Gasteiger partial charge on any atom is -0.503 e. The topological polar surface area (TPSA) is 60.9 Å². The fraction of sp³-hybridized carbons (Fsp3) is 0.238. The van der Waals surface area contributed by atoms with Gasteiger partial charge in [0.2, 0.25) is 0 Å². The van der Waals surface area contributed by atoms with Gasteiger partial charge in [-0.3, -0.25) is 14.5 Å². The van der Waals surface area contributed by atoms with Crippen LogP contribution in [0.3, 0.4) is 0 Å². The van der Waals surface area contributed by atoms with Crippen LogP contribution in [0.25, 0.3) is 0 Å². The van der Waals surface area contributed by atoms with Gasteiger partial charge in [0.25, 0.3) is 5.91 Å². The molecule has 1 heterocycles. The van der Waals surface area contributed by atoms with Crippen LogP contribution in [0.2, 0.25) is 0 Å². The molecule has 1 unspecified atom stereocenters. The van der Waals surface area contributed by atoms with Crippen molar-refractivity contribution in [2.24, 2.45) is 0 Å². The fourth-order valence-corrected chi connectivity index (χ4v) is 3.25. The summed E-state index contributed by atoms with van der Waals surface area (Å²) in [6.07, 6.45) is 0.0879. The molecule has 7 heteroatoms. The molecule has 2 aromatic rings. The molecule has 146 valence electrons. The third kappa shape index (κ3) is 3.24. The Bertz CT molecular complexity index is 968. The number of ketones is 1. The van der Waals surface area contributed by atoms with E-state index in [0.29, 0.717) is 5.56 Å². The van der Waals surface area contributed by atoms with E-state index in [9.17, 15) is 23.5 Å². The van der Waals surface area contributed by atoms with Gasteiger partial charge in [0, 0.05) is 38.0 Å². The van der Waals surface area contributed by atoms with Gasteiger partial charge in [-0.1, -0.05) is 19.1 Å². The number of aliphatic hydroxyl groups is 1. The van der Waals surface area contributed by atoms with Crippen LogP contribution in [-0.4, -0.2) is 30.9 Å². The van der Waals surface area contributed by atoms with Gasteiger partial charge in [0.05, 0.1) is 11.6 Å². The summed E-state index contributed by atoms with van der Waals surface area (Å²) in [6, 6.07) is 9.19. The molecule has 0 spiro atoms. The Morgan fingerprint density at radius 2 is 1.75 bits per heavy atom. The molecule has 3 rings (SSSR count). The van der Waals surface area contributed by atoms with Crippen molar-refractivity contribution in [2.75, 3.05) is 23.9 Å². The number of Topliss-reactive ketones (excluding diaryl/α,β-unsaturated/α-hetero) is 1. The summed E-state index contributed by atoms with van der Waals surface area (Å²) in [4.78, 5) is 28.2. The molecule has 1 N–H and O–H groups in total. The molecular formula is C21H20F2N2O3. The summed E-state index contributed by atoms with van der Waals surface area (Å²) in [5, 5.41) is 10.4. The number of carbonyl (C=O) groups excluding carboxylic acids is 2. The summed E-state index contributed by atoms with van der Waals surface area (Å²) >= 11 is 0. The van der Waals surface area contributed by atoms with E-state index >= 15 is 0 Å². The van der Waals surface area contributed by atoms with Crippen molar-refractivity contribution in [1.82, 2.24) is 0 Å². The first-order valence-corrected chi connectivity index (χ1v) is 8.78. The monoisotopic (exact) mass is 386 g/mol. The summed E-state index contributed by atoms with van der Waals surface area (Å²) < 4.78 is 27.2. The zero-order valence-electron chi connectivity index (χ0n) is 15.7. The predicted molar refractivity (Wildman–Crippen MR) is 102 cm³/mol. The number of carbonyl (C=O) groups is 2. The van der Waals surface area contributed by atoms with Gasteiger partial charge >= 0.3 is 0 Å². The van der Waals surface area contributed by atoms with Crippen LogP contribution in [0.1, 0.15) is 24.9 Å². The lowest BCUT2D eigenvalue weighted by molar-refractivity contribution is -0.118. The van der Waals surface area contributed by atoms with Gasteiger partial charge < -0.3 is 10.0 Å². The van der Waals surface area contributed by atoms with Crippen LogP contribution in [0, 0.1) is 11.6 Å². The predicted octanol–water partition coefficient (Wildman–Crippen LogP) is 3.91. The molecular weight excluding hydrogens is 366 g/mol. The highest BCUT2D eigenvalue weighted by molar-refractivity contribution is 6.16. The molecule has 0 saturated carbocycles. The maximum Gasteiger partial charge on any atom is 0.294 e. The number of halogens is 2. The van der Waals surface area contributed by atoms with Crippen LogP contribution < -0.4 is 9.80 Å². The molecule has 0 radical (unpaired) electrons. The molecule has 28 heavy (non-hydrogen) atoms. The lowest BCUT2D eigenvalue weighted by atomic mass is 9.94. The van der Waals surface area contributed by atoms with Crippen molar-refractivity contribution in [3.8, 4) is 0 Å². The van der Waals surface area contributed by atoms with Crippen LogP contribution in [-0.2, 0) is 9.59 Å². The van der Waals surface area contributed by atoms with E-state index in [-0.39, 0.29) is 17.7 Å². The highest BCUT2D eigenvalue weighted by atomic mass is 19.2. The van der Waals surface area contributed by atoms with Gasteiger partial charge in [-0.25, -0.2) is 8.78 Å². The Morgan fingerprint density at radius 1 is 1.11 bits per heavy atom. The first-order chi connectivity index (χ1) is 13.3. The largest absolute Gasteiger partial charge is 0.503 e. The smallest absolute Gasteiger partial charge is 0.294 e. The van der Waals surface area contributed by atoms with Crippen molar-refractivity contribution in [2.45, 2.75) is 19.4 Å². The number of hydrogen-bond donors (Lipinski definition) is 1. The lowest BCUT2D eigenvalue weighted by Crippen LogP contribution is -2.31. The Balaban J connectivity index is 2.16. The zero-order valence-corrected chi connectivity index (χ0v) is 15.7. The number of hydrogen-bond acceptors (Lipinski definition) is 4. The van der Waals surface area contributed by atoms with Crippen molar-refractivity contribution < 1.29 is 23.5 Å². The van der Waals surface area contributed by atoms with Gasteiger partial charge in [-0.15, -0.1) is 0 Å². The first-order valence-electron chi connectivity index (χ1n) is 8.78. The SMILES string of the molecule is CCC(=O)C1=C(O)C(=O)N(c2ccc(F)c(F)c2)C1c1ccc(N(C)C)cc1. The number of benzene rings is 2. The molecule has 0 fully saturated rings. The first kappa shape index (κ1) is 19.5. The normalized spacial score (nSPS) is 16.7. The number of amides is 1. The number of nitrogens with zero attached hydrogens (tertiary/aromatic N) is 2. The average molecular weight is 386 g/mol. The van der Waals surface area contributed by atoms with Crippen LogP contribution in [0.4, 0.5) is 20.2 Å². The summed E-state index contributed by atoms with van der Waals surface area (Å²) in [6.45, 7) is 1.62. The molecule has 1 aliphatic rings. The van der Waals surface area contributed by atoms with Crippen molar-refractivity contribution >= 4 is 23.1 Å². The molecule has 5 nitrogen and oxygen atoms in total. The van der Waals surface area contributed by atoms with Crippen LogP contribution in [0.15, 0.2) is 53.8 Å². The maximum absolute atomic E-state index is 13.8. The second-order valence-electron chi connectivity index (χ2n) is 6.70. The second-order valence-corrected chi connectivity index (χ2v) is 6.70. The number of aliphatic hydroxyl groups excluding tert-OH is 1. The summed E-state index contributed by atoms with van der Waals surface area (Å²) in [5.74, 6) is -4.06. The quantitative estimate of drug-likeness (QED) is 0.846. The van der Waals surface area contributed by atoms with E-state index in [1.54, 1.807) is 19.1 Å².